The average molecular weight is 376 g/mol. The predicted molar refractivity (Wildman–Crippen MR) is 102 cm³/mol. The first-order valence-electron chi connectivity index (χ1n) is 8.72. The van der Waals surface area contributed by atoms with Crippen LogP contribution in [0.3, 0.4) is 0 Å². The molecule has 2 unspecified atom stereocenters. The molecule has 28 heavy (non-hydrogen) atoms. The summed E-state index contributed by atoms with van der Waals surface area (Å²) in [6, 6.07) is 10.2. The number of rotatable bonds is 3. The predicted octanol–water partition coefficient (Wildman–Crippen LogP) is 1.74. The van der Waals surface area contributed by atoms with Crippen molar-refractivity contribution in [2.24, 2.45) is 4.99 Å². The average Bonchev–Trinajstić information content (AvgIpc) is 2.70. The third-order valence-corrected chi connectivity index (χ3v) is 4.51. The van der Waals surface area contributed by atoms with Crippen molar-refractivity contribution in [2.45, 2.75) is 38.1 Å². The number of guanidine groups is 1. The fourth-order valence-corrected chi connectivity index (χ4v) is 3.03. The maximum atomic E-state index is 10.9. The summed E-state index contributed by atoms with van der Waals surface area (Å²) in [5.41, 5.74) is 1.11. The third-order valence-electron chi connectivity index (χ3n) is 4.51. The van der Waals surface area contributed by atoms with Gasteiger partial charge < -0.3 is 20.5 Å². The molecule has 2 heterocycles. The van der Waals surface area contributed by atoms with Crippen LogP contribution in [0.25, 0.3) is 0 Å². The summed E-state index contributed by atoms with van der Waals surface area (Å²) in [6.45, 7) is 3.95. The van der Waals surface area contributed by atoms with Gasteiger partial charge in [0.25, 0.3) is 0 Å². The molecule has 0 saturated heterocycles. The second-order valence-electron chi connectivity index (χ2n) is 6.91. The maximum Gasteiger partial charge on any atom is 0.209 e. The summed E-state index contributed by atoms with van der Waals surface area (Å²) < 4.78 is 5.90. The van der Waals surface area contributed by atoms with Gasteiger partial charge in [-0.3, -0.25) is 4.98 Å². The molecule has 3 rings (SSSR count). The lowest BCUT2D eigenvalue weighted by Gasteiger charge is -2.42. The van der Waals surface area contributed by atoms with Crippen molar-refractivity contribution in [1.82, 2.24) is 15.6 Å². The Balaban J connectivity index is 1.88. The number of nitrogens with zero attached hydrogens (tertiary/aromatic N) is 4. The minimum absolute atomic E-state index is 0.210. The van der Waals surface area contributed by atoms with Crippen LogP contribution >= 0.6 is 0 Å². The van der Waals surface area contributed by atoms with Crippen molar-refractivity contribution in [3.05, 3.63) is 59.4 Å². The number of ether oxygens (including phenoxy) is 1. The van der Waals surface area contributed by atoms with Crippen LogP contribution < -0.4 is 15.4 Å². The van der Waals surface area contributed by atoms with E-state index in [2.05, 4.69) is 26.7 Å². The fourth-order valence-electron chi connectivity index (χ4n) is 3.03. The lowest BCUT2D eigenvalue weighted by Crippen LogP contribution is -2.55. The van der Waals surface area contributed by atoms with E-state index >= 15 is 0 Å². The number of hydrogen-bond donors (Lipinski definition) is 3. The van der Waals surface area contributed by atoms with Crippen molar-refractivity contribution in [1.29, 1.82) is 10.5 Å². The largest absolute Gasteiger partial charge is 0.485 e. The van der Waals surface area contributed by atoms with Crippen molar-refractivity contribution in [2.75, 3.05) is 0 Å². The Bertz CT molecular complexity index is 959. The van der Waals surface area contributed by atoms with Crippen molar-refractivity contribution >= 4 is 5.96 Å². The molecule has 2 aromatic rings. The van der Waals surface area contributed by atoms with E-state index in [1.807, 2.05) is 12.1 Å². The Labute approximate surface area is 163 Å². The molecular formula is C20H20N6O2. The molecule has 0 aliphatic carbocycles. The number of aliphatic hydroxyl groups excluding tert-OH is 1. The van der Waals surface area contributed by atoms with E-state index < -0.39 is 17.7 Å². The minimum atomic E-state index is -0.946. The molecule has 0 spiro atoms. The summed E-state index contributed by atoms with van der Waals surface area (Å²) in [4.78, 5) is 7.85. The standard InChI is InChI=1S/C20H20N6O2/c1-20(2)18(27)17(15-8-13(9-21)5-6-16(15)28-20)26-19(25-12-22)24-11-14-4-3-7-23-10-14/h3-8,10,17-18,27H,11H2,1-2H3,(H2,24,25,26). The number of benzene rings is 1. The molecule has 0 radical (unpaired) electrons. The number of pyridine rings is 1. The molecule has 0 bridgehead atoms. The zero-order chi connectivity index (χ0) is 20.1. The van der Waals surface area contributed by atoms with Gasteiger partial charge in [-0.15, -0.1) is 4.99 Å². The molecule has 0 fully saturated rings. The molecule has 1 aromatic carbocycles. The van der Waals surface area contributed by atoms with E-state index in [1.54, 1.807) is 50.6 Å². The lowest BCUT2D eigenvalue weighted by atomic mass is 9.86. The molecule has 8 nitrogen and oxygen atoms in total. The number of fused-ring (bicyclic) bond motifs is 1. The molecule has 8 heteroatoms. The van der Waals surface area contributed by atoms with E-state index in [-0.39, 0.29) is 5.96 Å². The smallest absolute Gasteiger partial charge is 0.209 e. The Morgan fingerprint density at radius 3 is 2.86 bits per heavy atom. The Morgan fingerprint density at radius 1 is 1.36 bits per heavy atom. The Kier molecular flexibility index (Phi) is 5.44. The number of nitriles is 2. The number of aliphatic imine (C=N–C) groups is 1. The van der Waals surface area contributed by atoms with E-state index in [0.717, 1.165) is 5.56 Å². The van der Waals surface area contributed by atoms with Crippen LogP contribution in [0, 0.1) is 22.8 Å². The normalized spacial score (nSPS) is 20.1. The SMILES string of the molecule is CC1(C)Oc2ccc(C#N)cc2C(N/C(=N\C#N)NCc2cccnc2)C1O. The van der Waals surface area contributed by atoms with Gasteiger partial charge in [-0.25, -0.2) is 0 Å². The quantitative estimate of drug-likeness (QED) is 0.423. The van der Waals surface area contributed by atoms with Gasteiger partial charge in [-0.05, 0) is 43.7 Å². The van der Waals surface area contributed by atoms with Gasteiger partial charge in [0.2, 0.25) is 12.2 Å². The topological polar surface area (TPSA) is 126 Å². The summed E-state index contributed by atoms with van der Waals surface area (Å²) >= 11 is 0. The summed E-state index contributed by atoms with van der Waals surface area (Å²) in [5.74, 6) is 0.775. The van der Waals surface area contributed by atoms with E-state index in [0.29, 0.717) is 23.4 Å². The highest BCUT2D eigenvalue weighted by atomic mass is 16.5. The van der Waals surface area contributed by atoms with Crippen molar-refractivity contribution in [3.63, 3.8) is 0 Å². The van der Waals surface area contributed by atoms with Gasteiger partial charge in [0, 0.05) is 24.5 Å². The molecule has 1 aromatic heterocycles. The van der Waals surface area contributed by atoms with Gasteiger partial charge in [0.05, 0.1) is 17.7 Å². The van der Waals surface area contributed by atoms with Gasteiger partial charge in [-0.1, -0.05) is 6.07 Å². The monoisotopic (exact) mass is 376 g/mol. The minimum Gasteiger partial charge on any atom is -0.485 e. The van der Waals surface area contributed by atoms with Crippen molar-refractivity contribution < 1.29 is 9.84 Å². The second kappa shape index (κ2) is 7.95. The van der Waals surface area contributed by atoms with Gasteiger partial charge in [0.15, 0.2) is 0 Å². The van der Waals surface area contributed by atoms with Crippen LogP contribution in [-0.2, 0) is 6.54 Å². The molecule has 142 valence electrons. The Morgan fingerprint density at radius 2 is 2.18 bits per heavy atom. The van der Waals surface area contributed by atoms with Crippen LogP contribution in [0.1, 0.15) is 36.6 Å². The van der Waals surface area contributed by atoms with Gasteiger partial charge >= 0.3 is 0 Å². The fraction of sp³-hybridized carbons (Fsp3) is 0.300. The first-order valence-corrected chi connectivity index (χ1v) is 8.72. The zero-order valence-corrected chi connectivity index (χ0v) is 15.5. The van der Waals surface area contributed by atoms with Crippen LogP contribution in [0.15, 0.2) is 47.7 Å². The summed E-state index contributed by atoms with van der Waals surface area (Å²) in [7, 11) is 0. The number of aromatic nitrogens is 1. The van der Waals surface area contributed by atoms with Crippen LogP contribution in [0.2, 0.25) is 0 Å². The molecule has 1 aliphatic heterocycles. The first kappa shape index (κ1) is 19.2. The van der Waals surface area contributed by atoms with Crippen LogP contribution in [0.4, 0.5) is 0 Å². The van der Waals surface area contributed by atoms with E-state index in [4.69, 9.17) is 10.00 Å². The van der Waals surface area contributed by atoms with Gasteiger partial charge in [-0.2, -0.15) is 10.5 Å². The van der Waals surface area contributed by atoms with Crippen LogP contribution in [0.5, 0.6) is 5.75 Å². The summed E-state index contributed by atoms with van der Waals surface area (Å²) in [6.07, 6.45) is 4.19. The molecule has 0 saturated carbocycles. The molecule has 2 atom stereocenters. The molecule has 1 aliphatic rings. The number of nitrogens with one attached hydrogen (secondary N) is 2. The second-order valence-corrected chi connectivity index (χ2v) is 6.91. The maximum absolute atomic E-state index is 10.9. The number of aliphatic hydroxyl groups is 1. The highest BCUT2D eigenvalue weighted by Crippen LogP contribution is 2.40. The van der Waals surface area contributed by atoms with Gasteiger partial charge in [0.1, 0.15) is 17.5 Å². The highest BCUT2D eigenvalue weighted by Gasteiger charge is 2.43. The Hall–Kier alpha value is -3.62. The van der Waals surface area contributed by atoms with Crippen molar-refractivity contribution in [3.8, 4) is 18.0 Å². The molecular weight excluding hydrogens is 356 g/mol. The first-order chi connectivity index (χ1) is 13.4. The third kappa shape index (κ3) is 4.03. The van der Waals surface area contributed by atoms with E-state index in [1.165, 1.54) is 0 Å². The molecule has 0 amide bonds. The van der Waals surface area contributed by atoms with E-state index in [9.17, 15) is 10.4 Å². The lowest BCUT2D eigenvalue weighted by molar-refractivity contribution is -0.0612. The molecule has 3 N–H and O–H groups in total. The van der Waals surface area contributed by atoms with Crippen LogP contribution in [-0.4, -0.2) is 27.8 Å². The zero-order valence-electron chi connectivity index (χ0n) is 15.5. The highest BCUT2D eigenvalue weighted by molar-refractivity contribution is 5.81. The number of hydrogen-bond acceptors (Lipinski definition) is 6. The summed E-state index contributed by atoms with van der Waals surface area (Å²) in [5, 5.41) is 35.3.